The molecule has 0 bridgehead atoms. The van der Waals surface area contributed by atoms with Crippen LogP contribution in [0.3, 0.4) is 0 Å². The lowest BCUT2D eigenvalue weighted by Crippen LogP contribution is -2.08. The second-order valence-electron chi connectivity index (χ2n) is 28.9. The van der Waals surface area contributed by atoms with Crippen molar-refractivity contribution < 1.29 is 28.4 Å². The van der Waals surface area contributed by atoms with Gasteiger partial charge in [-0.25, -0.2) is 0 Å². The van der Waals surface area contributed by atoms with Gasteiger partial charge in [0.15, 0.2) is 11.5 Å². The van der Waals surface area contributed by atoms with Crippen molar-refractivity contribution in [3.8, 4) is 79.0 Å². The highest BCUT2D eigenvalue weighted by atomic mass is 79.9. The van der Waals surface area contributed by atoms with Crippen LogP contribution in [0.25, 0.3) is 44.5 Å². The molecule has 8 aromatic carbocycles. The normalized spacial score (nSPS) is 11.3. The largest absolute Gasteiger partial charge is 0.494 e. The van der Waals surface area contributed by atoms with Gasteiger partial charge < -0.3 is 28.4 Å². The molecular weight excluding hydrogens is 1330 g/mol. The Hall–Kier alpha value is -6.96. The molecule has 0 unspecified atom stereocenters. The van der Waals surface area contributed by atoms with Crippen molar-refractivity contribution in [2.75, 3.05) is 45.0 Å². The maximum Gasteiger partial charge on any atom is 0.203 e. The van der Waals surface area contributed by atoms with Crippen LogP contribution in [0, 0.1) is 0 Å². The molecule has 8 rings (SSSR count). The average Bonchev–Trinajstić information content (AvgIpc) is 0.809. The first kappa shape index (κ1) is 81.7. The number of benzene rings is 8. The number of hydrogen-bond acceptors (Lipinski definition) is 6. The molecule has 0 aliphatic rings. The summed E-state index contributed by atoms with van der Waals surface area (Å²) in [7, 11) is 0. The maximum atomic E-state index is 6.90. The fraction of sp³-hybridized carbons (Fsp3) is 0.500. The van der Waals surface area contributed by atoms with E-state index in [0.29, 0.717) is 37.1 Å². The highest BCUT2D eigenvalue weighted by Gasteiger charge is 2.18. The van der Waals surface area contributed by atoms with E-state index in [4.69, 9.17) is 28.4 Å². The van der Waals surface area contributed by atoms with Crippen molar-refractivity contribution >= 4 is 15.9 Å². The number of aryl methyl sites for hydroxylation is 4. The van der Waals surface area contributed by atoms with E-state index in [0.717, 1.165) is 124 Å². The molecule has 0 spiro atoms. The highest BCUT2D eigenvalue weighted by Crippen LogP contribution is 2.43. The molecular formula is C96H129BrO6. The van der Waals surface area contributed by atoms with Crippen LogP contribution in [0.1, 0.15) is 261 Å². The number of halogens is 1. The zero-order valence-corrected chi connectivity index (χ0v) is 65.6. The molecule has 8 aromatic rings. The maximum absolute atomic E-state index is 6.90. The summed E-state index contributed by atoms with van der Waals surface area (Å²) >= 11 is 3.63. The van der Waals surface area contributed by atoms with Crippen LogP contribution in [0.4, 0.5) is 0 Å². The lowest BCUT2D eigenvalue weighted by atomic mass is 10.0. The average molecular weight is 1460 g/mol. The van der Waals surface area contributed by atoms with E-state index >= 15 is 0 Å². The SMILES string of the molecule is CCCCCCCCCCCCOc1ccc(-c2ccc(CCCOc3cc(-c4ccc(CCCBr)cc4)cc(OCCCc4ccc(-c5ccc(OCCCCCCCCCCCC)cc5)cc4)c3OCCCc3ccc(-c4ccc(OCCCCCCCCCCCC)cc4)cc3)cc2)cc1. The summed E-state index contributed by atoms with van der Waals surface area (Å²) in [5, 5.41) is 0.986. The molecule has 0 N–H and O–H groups in total. The van der Waals surface area contributed by atoms with Gasteiger partial charge in [-0.05, 0) is 186 Å². The van der Waals surface area contributed by atoms with E-state index < -0.39 is 0 Å². The summed E-state index contributed by atoms with van der Waals surface area (Å²) in [4.78, 5) is 0. The van der Waals surface area contributed by atoms with Crippen molar-refractivity contribution in [3.05, 3.63) is 204 Å². The number of alkyl halides is 1. The smallest absolute Gasteiger partial charge is 0.203 e. The lowest BCUT2D eigenvalue weighted by molar-refractivity contribution is 0.238. The van der Waals surface area contributed by atoms with Crippen molar-refractivity contribution in [1.82, 2.24) is 0 Å². The van der Waals surface area contributed by atoms with Gasteiger partial charge in [-0.3, -0.25) is 0 Å². The molecule has 0 aliphatic heterocycles. The quantitative estimate of drug-likeness (QED) is 0.0280. The van der Waals surface area contributed by atoms with E-state index in [1.54, 1.807) is 0 Å². The van der Waals surface area contributed by atoms with E-state index in [9.17, 15) is 0 Å². The van der Waals surface area contributed by atoms with Gasteiger partial charge >= 0.3 is 0 Å². The first-order valence-electron chi connectivity index (χ1n) is 41.2. The summed E-state index contributed by atoms with van der Waals surface area (Å²) in [6.07, 6.45) is 47.1. The second kappa shape index (κ2) is 51.3. The van der Waals surface area contributed by atoms with Gasteiger partial charge in [-0.15, -0.1) is 0 Å². The molecule has 0 atom stereocenters. The van der Waals surface area contributed by atoms with Gasteiger partial charge in [0.1, 0.15) is 17.2 Å². The highest BCUT2D eigenvalue weighted by molar-refractivity contribution is 9.09. The molecule has 556 valence electrons. The minimum atomic E-state index is 0.514. The van der Waals surface area contributed by atoms with Crippen molar-refractivity contribution in [3.63, 3.8) is 0 Å². The summed E-state index contributed by atoms with van der Waals surface area (Å²) in [5.41, 5.74) is 14.5. The van der Waals surface area contributed by atoms with Crippen LogP contribution in [0.2, 0.25) is 0 Å². The van der Waals surface area contributed by atoms with Gasteiger partial charge in [0.2, 0.25) is 5.75 Å². The third-order valence-electron chi connectivity index (χ3n) is 20.2. The lowest BCUT2D eigenvalue weighted by Gasteiger charge is -2.19. The Morgan fingerprint density at radius 2 is 0.417 bits per heavy atom. The van der Waals surface area contributed by atoms with E-state index in [1.165, 1.54) is 229 Å². The van der Waals surface area contributed by atoms with Gasteiger partial charge in [0.05, 0.1) is 39.6 Å². The Bertz CT molecular complexity index is 3270. The second-order valence-corrected chi connectivity index (χ2v) is 29.7. The molecule has 0 aliphatic carbocycles. The molecule has 0 saturated carbocycles. The summed E-state index contributed by atoms with van der Waals surface area (Å²) < 4.78 is 39.1. The van der Waals surface area contributed by atoms with Crippen LogP contribution in [0.5, 0.6) is 34.5 Å². The third kappa shape index (κ3) is 32.5. The van der Waals surface area contributed by atoms with Crippen LogP contribution >= 0.6 is 15.9 Å². The Morgan fingerprint density at radius 1 is 0.204 bits per heavy atom. The van der Waals surface area contributed by atoms with Gasteiger partial charge in [-0.1, -0.05) is 344 Å². The Labute approximate surface area is 633 Å². The van der Waals surface area contributed by atoms with Gasteiger partial charge in [-0.2, -0.15) is 0 Å². The van der Waals surface area contributed by atoms with Gasteiger partial charge in [0, 0.05) is 5.33 Å². The Balaban J connectivity index is 0.867. The fourth-order valence-electron chi connectivity index (χ4n) is 13.8. The van der Waals surface area contributed by atoms with E-state index in [-0.39, 0.29) is 0 Å². The number of hydrogen-bond donors (Lipinski definition) is 0. The molecule has 103 heavy (non-hydrogen) atoms. The van der Waals surface area contributed by atoms with Crippen LogP contribution < -0.4 is 28.4 Å². The number of unbranched alkanes of at least 4 members (excludes halogenated alkanes) is 27. The zero-order valence-electron chi connectivity index (χ0n) is 64.0. The Morgan fingerprint density at radius 3 is 0.680 bits per heavy atom. The molecule has 0 amide bonds. The first-order chi connectivity index (χ1) is 51.0. The molecule has 0 saturated heterocycles. The minimum absolute atomic E-state index is 0.514. The molecule has 6 nitrogen and oxygen atoms in total. The number of ether oxygens (including phenoxy) is 6. The van der Waals surface area contributed by atoms with Crippen molar-refractivity contribution in [1.29, 1.82) is 0 Å². The number of rotatable bonds is 58. The minimum Gasteiger partial charge on any atom is -0.494 e. The van der Waals surface area contributed by atoms with Gasteiger partial charge in [0.25, 0.3) is 0 Å². The van der Waals surface area contributed by atoms with Crippen LogP contribution in [-0.4, -0.2) is 45.0 Å². The first-order valence-corrected chi connectivity index (χ1v) is 42.3. The Kier molecular flexibility index (Phi) is 40.7. The molecule has 0 fully saturated rings. The summed E-state index contributed by atoms with van der Waals surface area (Å²) in [6, 6.07) is 66.1. The van der Waals surface area contributed by atoms with Crippen molar-refractivity contribution in [2.45, 2.75) is 265 Å². The fourth-order valence-corrected chi connectivity index (χ4v) is 14.0. The third-order valence-corrected chi connectivity index (χ3v) is 20.8. The van der Waals surface area contributed by atoms with Crippen LogP contribution in [0.15, 0.2) is 182 Å². The molecule has 0 radical (unpaired) electrons. The summed E-state index contributed by atoms with van der Waals surface area (Å²) in [5.74, 6) is 4.94. The van der Waals surface area contributed by atoms with E-state index in [2.05, 4.69) is 219 Å². The zero-order chi connectivity index (χ0) is 71.7. The predicted molar refractivity (Wildman–Crippen MR) is 443 cm³/mol. The molecule has 0 heterocycles. The van der Waals surface area contributed by atoms with E-state index in [1.807, 2.05) is 0 Å². The standard InChI is InChI=1S/C96H129BrO6/c1-4-7-10-13-16-19-22-25-28-31-71-98-91-64-58-86(59-65-91)83-50-42-80(43-51-83)39-35-74-101-94-77-90(89-56-48-79(49-57-89)38-34-70-97)78-95(102-75-36-40-81-44-52-84(53-45-81)87-60-66-92(67-61-87)99-72-32-29-26-23-20-17-14-11-8-5-2)96(94)103-76-37-41-82-46-54-85(55-47-82)88-62-68-93(69-63-88)100-73-33-30-27-24-21-18-15-12-9-6-3/h42-69,77-78H,4-41,70-76H2,1-3H3. The molecule has 7 heteroatoms. The monoisotopic (exact) mass is 1460 g/mol. The van der Waals surface area contributed by atoms with Crippen molar-refractivity contribution in [2.24, 2.45) is 0 Å². The summed E-state index contributed by atoms with van der Waals surface area (Å²) in [6.45, 7) is 10.8. The van der Waals surface area contributed by atoms with Crippen LogP contribution in [-0.2, 0) is 25.7 Å². The topological polar surface area (TPSA) is 55.4 Å². The molecule has 0 aromatic heterocycles. The predicted octanol–water partition coefficient (Wildman–Crippen LogP) is 28.6.